The predicted octanol–water partition coefficient (Wildman–Crippen LogP) is 7.83. The van der Waals surface area contributed by atoms with Gasteiger partial charge in [0.25, 0.3) is 11.8 Å². The zero-order valence-electron chi connectivity index (χ0n) is 23.9. The van der Waals surface area contributed by atoms with Gasteiger partial charge >= 0.3 is 0 Å². The summed E-state index contributed by atoms with van der Waals surface area (Å²) in [6.45, 7) is -0.148. The lowest BCUT2D eigenvalue weighted by Gasteiger charge is -2.32. The molecule has 4 aromatic carbocycles. The summed E-state index contributed by atoms with van der Waals surface area (Å²) in [5, 5.41) is 9.79. The van der Waals surface area contributed by atoms with Crippen LogP contribution in [0.2, 0.25) is 10.0 Å². The van der Waals surface area contributed by atoms with E-state index in [0.29, 0.717) is 26.4 Å². The maximum atomic E-state index is 15.0. The van der Waals surface area contributed by atoms with Crippen molar-refractivity contribution in [1.29, 1.82) is 0 Å². The molecule has 2 aromatic heterocycles. The van der Waals surface area contributed by atoms with E-state index in [1.54, 1.807) is 60.7 Å². The van der Waals surface area contributed by atoms with E-state index in [4.69, 9.17) is 27.6 Å². The predicted molar refractivity (Wildman–Crippen MR) is 180 cm³/mol. The minimum Gasteiger partial charge on any atom is -0.450 e. The SMILES string of the molecule is O=C1c2oc3ccc(Cl)cc3c(=O)c2C2(C(=O)N(Cc3ccccc3F)c3ccccc32)N1c1nnc(SCc2ccc(Cl)cc2)s1. The molecule has 0 saturated heterocycles. The summed E-state index contributed by atoms with van der Waals surface area (Å²) in [6.07, 6.45) is 0. The van der Waals surface area contributed by atoms with Gasteiger partial charge in [-0.05, 0) is 48.0 Å². The second-order valence-electron chi connectivity index (χ2n) is 10.9. The maximum absolute atomic E-state index is 15.0. The van der Waals surface area contributed by atoms with Gasteiger partial charge in [0.2, 0.25) is 10.9 Å². The van der Waals surface area contributed by atoms with Gasteiger partial charge in [0.1, 0.15) is 11.4 Å². The number of halogens is 3. The van der Waals surface area contributed by atoms with Gasteiger partial charge in [-0.15, -0.1) is 10.2 Å². The summed E-state index contributed by atoms with van der Waals surface area (Å²) in [5.41, 5.74) is -0.579. The monoisotopic (exact) mass is 700 g/mol. The van der Waals surface area contributed by atoms with Crippen LogP contribution in [0.3, 0.4) is 0 Å². The number of amides is 2. The van der Waals surface area contributed by atoms with Gasteiger partial charge in [-0.25, -0.2) is 4.39 Å². The lowest BCUT2D eigenvalue weighted by atomic mass is 9.84. The lowest BCUT2D eigenvalue weighted by molar-refractivity contribution is -0.121. The van der Waals surface area contributed by atoms with Gasteiger partial charge < -0.3 is 9.32 Å². The second kappa shape index (κ2) is 11.3. The van der Waals surface area contributed by atoms with Crippen LogP contribution in [0.5, 0.6) is 0 Å². The number of carbonyl (C=O) groups excluding carboxylic acids is 2. The van der Waals surface area contributed by atoms with Crippen molar-refractivity contribution < 1.29 is 18.4 Å². The van der Waals surface area contributed by atoms with Crippen molar-refractivity contribution in [2.24, 2.45) is 0 Å². The number of anilines is 2. The Morgan fingerprint density at radius 2 is 1.64 bits per heavy atom. The molecular formula is C34H19Cl2FN4O4S2. The first-order valence-corrected chi connectivity index (χ1v) is 16.8. The Kier molecular flexibility index (Phi) is 7.17. The molecule has 8 rings (SSSR count). The fourth-order valence-electron chi connectivity index (χ4n) is 6.17. The molecule has 0 aliphatic carbocycles. The van der Waals surface area contributed by atoms with Crippen LogP contribution in [-0.2, 0) is 22.6 Å². The van der Waals surface area contributed by atoms with Crippen LogP contribution in [-0.4, -0.2) is 22.0 Å². The Hall–Kier alpha value is -4.55. The van der Waals surface area contributed by atoms with E-state index in [-0.39, 0.29) is 44.6 Å². The molecule has 232 valence electrons. The van der Waals surface area contributed by atoms with E-state index in [2.05, 4.69) is 10.2 Å². The molecule has 6 aromatic rings. The number of aromatic nitrogens is 2. The lowest BCUT2D eigenvalue weighted by Crippen LogP contribution is -2.53. The van der Waals surface area contributed by atoms with Crippen LogP contribution in [0.4, 0.5) is 15.2 Å². The molecule has 47 heavy (non-hydrogen) atoms. The van der Waals surface area contributed by atoms with Gasteiger partial charge in [0, 0.05) is 26.9 Å². The third-order valence-electron chi connectivity index (χ3n) is 8.24. The van der Waals surface area contributed by atoms with Gasteiger partial charge in [-0.2, -0.15) is 0 Å². The van der Waals surface area contributed by atoms with Crippen molar-refractivity contribution in [3.63, 3.8) is 0 Å². The fraction of sp³-hybridized carbons (Fsp3) is 0.0882. The number of rotatable bonds is 6. The smallest absolute Gasteiger partial charge is 0.297 e. The van der Waals surface area contributed by atoms with Crippen LogP contribution in [0.25, 0.3) is 11.0 Å². The highest BCUT2D eigenvalue weighted by atomic mass is 35.5. The summed E-state index contributed by atoms with van der Waals surface area (Å²) < 4.78 is 21.6. The molecule has 0 radical (unpaired) electrons. The number of nitrogens with zero attached hydrogens (tertiary/aromatic N) is 4. The average molecular weight is 702 g/mol. The van der Waals surface area contributed by atoms with Crippen LogP contribution in [0, 0.1) is 5.82 Å². The van der Waals surface area contributed by atoms with Crippen molar-refractivity contribution in [3.05, 3.63) is 145 Å². The Morgan fingerprint density at radius 3 is 2.45 bits per heavy atom. The quantitative estimate of drug-likeness (QED) is 0.129. The first kappa shape index (κ1) is 29.8. The standard InChI is InChI=1S/C34H19Cl2FN4O4S2/c35-20-11-9-18(10-12-20)17-46-33-39-38-32(47-33)41-30(43)29-27(28(42)22-15-21(36)13-14-26(22)45-29)34(41)23-6-2-4-8-25(23)40(31(34)44)16-19-5-1-3-7-24(19)37/h1-15H,16-17H2. The van der Waals surface area contributed by atoms with E-state index < -0.39 is 28.6 Å². The van der Waals surface area contributed by atoms with Crippen molar-refractivity contribution in [2.75, 3.05) is 9.80 Å². The van der Waals surface area contributed by atoms with Crippen LogP contribution < -0.4 is 15.2 Å². The van der Waals surface area contributed by atoms with E-state index in [1.165, 1.54) is 39.8 Å². The Balaban J connectivity index is 1.32. The molecule has 2 aliphatic heterocycles. The summed E-state index contributed by atoms with van der Waals surface area (Å²) >= 11 is 14.8. The Bertz CT molecular complexity index is 2330. The number of para-hydroxylation sites is 1. The molecule has 0 bridgehead atoms. The van der Waals surface area contributed by atoms with Crippen molar-refractivity contribution in [2.45, 2.75) is 22.2 Å². The highest BCUT2D eigenvalue weighted by Crippen LogP contribution is 2.55. The maximum Gasteiger partial charge on any atom is 0.297 e. The van der Waals surface area contributed by atoms with Crippen molar-refractivity contribution in [3.8, 4) is 0 Å². The Labute approximate surface area is 284 Å². The molecule has 2 amide bonds. The molecule has 1 spiro atoms. The number of hydrogen-bond acceptors (Lipinski definition) is 8. The number of benzene rings is 4. The Morgan fingerprint density at radius 1 is 0.894 bits per heavy atom. The zero-order chi connectivity index (χ0) is 32.4. The van der Waals surface area contributed by atoms with Gasteiger partial charge in [0.05, 0.1) is 23.2 Å². The van der Waals surface area contributed by atoms with Gasteiger partial charge in [0.15, 0.2) is 15.3 Å². The third-order valence-corrected chi connectivity index (χ3v) is 10.8. The summed E-state index contributed by atoms with van der Waals surface area (Å²) in [4.78, 5) is 46.5. The fourth-order valence-corrected chi connectivity index (χ4v) is 8.31. The van der Waals surface area contributed by atoms with Crippen LogP contribution in [0.1, 0.15) is 32.8 Å². The average Bonchev–Trinajstić information content (AvgIpc) is 3.71. The third kappa shape index (κ3) is 4.60. The van der Waals surface area contributed by atoms with E-state index in [1.807, 2.05) is 12.1 Å². The van der Waals surface area contributed by atoms with E-state index >= 15 is 4.79 Å². The summed E-state index contributed by atoms with van der Waals surface area (Å²) in [5.74, 6) is -1.59. The molecule has 2 aliphatic rings. The largest absolute Gasteiger partial charge is 0.450 e. The molecule has 4 heterocycles. The first-order valence-electron chi connectivity index (χ1n) is 14.2. The number of carbonyl (C=O) groups is 2. The molecule has 0 N–H and O–H groups in total. The molecule has 8 nitrogen and oxygen atoms in total. The molecular weight excluding hydrogens is 682 g/mol. The molecule has 1 unspecified atom stereocenters. The molecule has 0 saturated carbocycles. The second-order valence-corrected chi connectivity index (χ2v) is 13.9. The first-order chi connectivity index (χ1) is 22.8. The normalized spacial score (nSPS) is 16.8. The van der Waals surface area contributed by atoms with Gasteiger partial charge in [-0.3, -0.25) is 19.3 Å². The highest BCUT2D eigenvalue weighted by molar-refractivity contribution is 8.00. The molecule has 1 atom stereocenters. The van der Waals surface area contributed by atoms with Crippen LogP contribution >= 0.6 is 46.3 Å². The molecule has 13 heteroatoms. The highest BCUT2D eigenvalue weighted by Gasteiger charge is 2.66. The van der Waals surface area contributed by atoms with E-state index in [0.717, 1.165) is 16.9 Å². The summed E-state index contributed by atoms with van der Waals surface area (Å²) in [6, 6.07) is 24.9. The number of hydrogen-bond donors (Lipinski definition) is 0. The minimum absolute atomic E-state index is 0.0948. The summed E-state index contributed by atoms with van der Waals surface area (Å²) in [7, 11) is 0. The van der Waals surface area contributed by atoms with Crippen LogP contribution in [0.15, 0.2) is 105 Å². The number of fused-ring (bicyclic) bond motifs is 5. The topological polar surface area (TPSA) is 96.6 Å². The molecule has 0 fully saturated rings. The van der Waals surface area contributed by atoms with Gasteiger partial charge in [-0.1, -0.05) is 94.8 Å². The zero-order valence-corrected chi connectivity index (χ0v) is 27.1. The minimum atomic E-state index is -2.01. The van der Waals surface area contributed by atoms with Crippen molar-refractivity contribution in [1.82, 2.24) is 10.2 Å². The van der Waals surface area contributed by atoms with E-state index in [9.17, 15) is 14.0 Å². The van der Waals surface area contributed by atoms with Crippen molar-refractivity contribution >= 4 is 79.9 Å². The number of thioether (sulfide) groups is 1.